The third kappa shape index (κ3) is 2.34. The first-order chi connectivity index (χ1) is 10.1. The highest BCUT2D eigenvalue weighted by atomic mass is 35.5. The lowest BCUT2D eigenvalue weighted by molar-refractivity contribution is 0.104. The number of rotatable bonds is 3. The molecule has 1 aromatic heterocycles. The van der Waals surface area contributed by atoms with E-state index in [4.69, 9.17) is 22.1 Å². The predicted octanol–water partition coefficient (Wildman–Crippen LogP) is 3.64. The predicted molar refractivity (Wildman–Crippen MR) is 84.1 cm³/mol. The lowest BCUT2D eigenvalue weighted by atomic mass is 10.0. The van der Waals surface area contributed by atoms with E-state index in [1.54, 1.807) is 36.5 Å². The van der Waals surface area contributed by atoms with Crippen LogP contribution in [-0.4, -0.2) is 17.9 Å². The van der Waals surface area contributed by atoms with Crippen molar-refractivity contribution in [3.8, 4) is 5.75 Å². The van der Waals surface area contributed by atoms with E-state index in [1.165, 1.54) is 7.11 Å². The number of ketones is 1. The molecular formula is C16H13ClN2O2. The summed E-state index contributed by atoms with van der Waals surface area (Å²) in [6.07, 6.45) is 1.69. The van der Waals surface area contributed by atoms with Crippen molar-refractivity contribution >= 4 is 34.0 Å². The van der Waals surface area contributed by atoms with Crippen molar-refractivity contribution in [2.75, 3.05) is 12.8 Å². The van der Waals surface area contributed by atoms with E-state index in [-0.39, 0.29) is 5.78 Å². The Hall–Kier alpha value is -2.46. The van der Waals surface area contributed by atoms with Gasteiger partial charge in [-0.25, -0.2) is 0 Å². The minimum atomic E-state index is -0.0955. The summed E-state index contributed by atoms with van der Waals surface area (Å²) in [4.78, 5) is 15.7. The van der Waals surface area contributed by atoms with E-state index in [0.717, 1.165) is 10.9 Å². The second-order valence-electron chi connectivity index (χ2n) is 4.68. The molecule has 3 aromatic rings. The number of methoxy groups -OCH3 is 1. The maximum atomic E-state index is 12.6. The largest absolute Gasteiger partial charge is 0.495 e. The Labute approximate surface area is 126 Å². The van der Waals surface area contributed by atoms with Crippen LogP contribution in [0, 0.1) is 0 Å². The summed E-state index contributed by atoms with van der Waals surface area (Å²) in [5.74, 6) is 0.394. The molecule has 0 amide bonds. The summed E-state index contributed by atoms with van der Waals surface area (Å²) in [6, 6.07) is 10.4. The third-order valence-corrected chi connectivity index (χ3v) is 3.62. The fourth-order valence-corrected chi connectivity index (χ4v) is 2.47. The number of nitrogens with two attached hydrogens (primary N) is 1. The summed E-state index contributed by atoms with van der Waals surface area (Å²) in [5, 5.41) is 1.46. The molecule has 0 saturated heterocycles. The van der Waals surface area contributed by atoms with Crippen LogP contribution in [-0.2, 0) is 0 Å². The quantitative estimate of drug-likeness (QED) is 0.573. The number of hydrogen-bond acceptors (Lipinski definition) is 3. The Bertz CT molecular complexity index is 839. The van der Waals surface area contributed by atoms with Gasteiger partial charge in [0.2, 0.25) is 0 Å². The van der Waals surface area contributed by atoms with Crippen LogP contribution >= 0.6 is 11.6 Å². The number of aromatic amines is 1. The highest BCUT2D eigenvalue weighted by Gasteiger charge is 2.15. The normalized spacial score (nSPS) is 10.8. The van der Waals surface area contributed by atoms with Crippen LogP contribution in [0.25, 0.3) is 10.9 Å². The number of hydrogen-bond donors (Lipinski definition) is 2. The number of ether oxygens (including phenoxy) is 1. The number of anilines is 1. The molecule has 0 aliphatic heterocycles. The number of halogens is 1. The number of carbonyl (C=O) groups is 1. The van der Waals surface area contributed by atoms with Gasteiger partial charge in [-0.2, -0.15) is 0 Å². The van der Waals surface area contributed by atoms with Crippen molar-refractivity contribution in [2.24, 2.45) is 0 Å². The molecule has 106 valence electrons. The molecule has 1 heterocycles. The molecule has 0 unspecified atom stereocenters. The second kappa shape index (κ2) is 5.14. The van der Waals surface area contributed by atoms with Crippen LogP contribution in [0.2, 0.25) is 5.02 Å². The van der Waals surface area contributed by atoms with Crippen LogP contribution in [0.4, 0.5) is 5.69 Å². The van der Waals surface area contributed by atoms with Crippen LogP contribution in [0.5, 0.6) is 5.75 Å². The molecule has 2 aromatic carbocycles. The van der Waals surface area contributed by atoms with Gasteiger partial charge in [-0.15, -0.1) is 0 Å². The van der Waals surface area contributed by atoms with E-state index >= 15 is 0 Å². The number of H-pyrrole nitrogens is 1. The number of nitrogens with one attached hydrogen (secondary N) is 1. The van der Waals surface area contributed by atoms with Crippen LogP contribution in [0.15, 0.2) is 42.6 Å². The van der Waals surface area contributed by atoms with Crippen molar-refractivity contribution in [2.45, 2.75) is 0 Å². The van der Waals surface area contributed by atoms with E-state index < -0.39 is 0 Å². The van der Waals surface area contributed by atoms with E-state index in [0.29, 0.717) is 27.6 Å². The summed E-state index contributed by atoms with van der Waals surface area (Å²) in [6.45, 7) is 0. The SMILES string of the molecule is COc1cc(C(=O)c2c[nH]c3cc(Cl)ccc23)ccc1N. The standard InChI is InChI=1S/C16H13ClN2O2/c1-21-15-6-9(2-5-13(15)18)16(20)12-8-19-14-7-10(17)3-4-11(12)14/h2-8,19H,18H2,1H3. The Morgan fingerprint density at radius 3 is 2.81 bits per heavy atom. The van der Waals surface area contributed by atoms with Crippen molar-refractivity contribution in [1.82, 2.24) is 4.98 Å². The molecule has 5 heteroatoms. The molecule has 0 aliphatic carbocycles. The van der Waals surface area contributed by atoms with Gasteiger partial charge in [-0.1, -0.05) is 17.7 Å². The van der Waals surface area contributed by atoms with Crippen molar-refractivity contribution in [1.29, 1.82) is 0 Å². The summed E-state index contributed by atoms with van der Waals surface area (Å²) in [5.41, 5.74) is 8.21. The molecular weight excluding hydrogens is 288 g/mol. The monoisotopic (exact) mass is 300 g/mol. The van der Waals surface area contributed by atoms with Crippen LogP contribution in [0.3, 0.4) is 0 Å². The van der Waals surface area contributed by atoms with Gasteiger partial charge in [0.05, 0.1) is 12.8 Å². The number of carbonyl (C=O) groups excluding carboxylic acids is 1. The number of fused-ring (bicyclic) bond motifs is 1. The van der Waals surface area contributed by atoms with Crippen molar-refractivity contribution < 1.29 is 9.53 Å². The molecule has 21 heavy (non-hydrogen) atoms. The minimum Gasteiger partial charge on any atom is -0.495 e. The zero-order valence-electron chi connectivity index (χ0n) is 11.3. The number of benzene rings is 2. The van der Waals surface area contributed by atoms with E-state index in [1.807, 2.05) is 6.07 Å². The minimum absolute atomic E-state index is 0.0955. The van der Waals surface area contributed by atoms with Gasteiger partial charge in [0, 0.05) is 33.2 Å². The smallest absolute Gasteiger partial charge is 0.195 e. The molecule has 0 aliphatic rings. The van der Waals surface area contributed by atoms with Crippen LogP contribution < -0.4 is 10.5 Å². The molecule has 0 atom stereocenters. The highest BCUT2D eigenvalue weighted by molar-refractivity contribution is 6.31. The van der Waals surface area contributed by atoms with Gasteiger partial charge in [-0.05, 0) is 30.3 Å². The topological polar surface area (TPSA) is 68.1 Å². The Morgan fingerprint density at radius 2 is 2.05 bits per heavy atom. The van der Waals surface area contributed by atoms with Gasteiger partial charge in [0.25, 0.3) is 0 Å². The lowest BCUT2D eigenvalue weighted by Crippen LogP contribution is -2.02. The van der Waals surface area contributed by atoms with Crippen molar-refractivity contribution in [3.63, 3.8) is 0 Å². The average molecular weight is 301 g/mol. The molecule has 3 rings (SSSR count). The summed E-state index contributed by atoms with van der Waals surface area (Å²) in [7, 11) is 1.52. The lowest BCUT2D eigenvalue weighted by Gasteiger charge is -2.06. The second-order valence-corrected chi connectivity index (χ2v) is 5.11. The van der Waals surface area contributed by atoms with Gasteiger partial charge >= 0.3 is 0 Å². The zero-order valence-corrected chi connectivity index (χ0v) is 12.1. The zero-order chi connectivity index (χ0) is 15.0. The molecule has 3 N–H and O–H groups in total. The fourth-order valence-electron chi connectivity index (χ4n) is 2.29. The molecule has 0 radical (unpaired) electrons. The third-order valence-electron chi connectivity index (χ3n) is 3.38. The molecule has 0 bridgehead atoms. The number of nitrogen functional groups attached to an aromatic ring is 1. The van der Waals surface area contributed by atoms with E-state index in [2.05, 4.69) is 4.98 Å². The molecule has 4 nitrogen and oxygen atoms in total. The first kappa shape index (κ1) is 13.5. The Kier molecular flexibility index (Phi) is 3.31. The molecule has 0 spiro atoms. The molecule has 0 fully saturated rings. The van der Waals surface area contributed by atoms with Gasteiger partial charge in [-0.3, -0.25) is 4.79 Å². The Balaban J connectivity index is 2.08. The van der Waals surface area contributed by atoms with Gasteiger partial charge in [0.1, 0.15) is 5.75 Å². The van der Waals surface area contributed by atoms with E-state index in [9.17, 15) is 4.79 Å². The Morgan fingerprint density at radius 1 is 1.24 bits per heavy atom. The fraction of sp³-hybridized carbons (Fsp3) is 0.0625. The van der Waals surface area contributed by atoms with Crippen LogP contribution in [0.1, 0.15) is 15.9 Å². The first-order valence-corrected chi connectivity index (χ1v) is 6.73. The number of aromatic nitrogens is 1. The maximum absolute atomic E-state index is 12.6. The first-order valence-electron chi connectivity index (χ1n) is 6.35. The van der Waals surface area contributed by atoms with Gasteiger partial charge in [0.15, 0.2) is 5.78 Å². The van der Waals surface area contributed by atoms with Gasteiger partial charge < -0.3 is 15.5 Å². The summed E-state index contributed by atoms with van der Waals surface area (Å²) >= 11 is 5.95. The molecule has 0 saturated carbocycles. The maximum Gasteiger partial charge on any atom is 0.195 e. The van der Waals surface area contributed by atoms with Crippen molar-refractivity contribution in [3.05, 3.63) is 58.7 Å². The summed E-state index contributed by atoms with van der Waals surface area (Å²) < 4.78 is 5.15. The average Bonchev–Trinajstić information content (AvgIpc) is 2.89. The highest BCUT2D eigenvalue weighted by Crippen LogP contribution is 2.27.